The number of benzene rings is 2. The van der Waals surface area contributed by atoms with Crippen LogP contribution in [-0.4, -0.2) is 43.7 Å². The van der Waals surface area contributed by atoms with Gasteiger partial charge in [-0.15, -0.1) is 0 Å². The van der Waals surface area contributed by atoms with Crippen LogP contribution in [-0.2, 0) is 4.74 Å². The molecule has 7 heteroatoms. The number of hydrogen-bond donors (Lipinski definition) is 2. The summed E-state index contributed by atoms with van der Waals surface area (Å²) in [5.41, 5.74) is 7.85. The average molecular weight is 460 g/mol. The van der Waals surface area contributed by atoms with E-state index in [-0.39, 0.29) is 23.0 Å². The van der Waals surface area contributed by atoms with Crippen LogP contribution in [0.5, 0.6) is 0 Å². The highest BCUT2D eigenvalue weighted by molar-refractivity contribution is 6.30. The number of halogens is 2. The first-order valence-electron chi connectivity index (χ1n) is 11.0. The molecule has 1 saturated heterocycles. The molecule has 0 saturated carbocycles. The normalized spacial score (nSPS) is 19.0. The summed E-state index contributed by atoms with van der Waals surface area (Å²) in [6.07, 6.45) is 7.84. The molecule has 4 rings (SSSR count). The molecule has 0 amide bonds. The molecule has 172 valence electrons. The highest BCUT2D eigenvalue weighted by Gasteiger charge is 2.23. The first kappa shape index (κ1) is 24.4. The van der Waals surface area contributed by atoms with Crippen molar-refractivity contribution in [3.63, 3.8) is 0 Å². The number of ether oxygens (including phenoxy) is 1. The van der Waals surface area contributed by atoms with Gasteiger partial charge in [0.1, 0.15) is 12.1 Å². The molecule has 2 heterocycles. The number of nitrogens with two attached hydrogens (primary N) is 1. The average Bonchev–Trinajstić information content (AvgIpc) is 2.82. The molecule has 3 N–H and O–H groups in total. The third-order valence-electron chi connectivity index (χ3n) is 5.94. The minimum Gasteiger partial charge on any atom is -0.381 e. The van der Waals surface area contributed by atoms with Crippen molar-refractivity contribution in [3.8, 4) is 0 Å². The van der Waals surface area contributed by atoms with E-state index in [4.69, 9.17) is 22.1 Å². The number of aldehydes is 1. The van der Waals surface area contributed by atoms with Crippen LogP contribution in [0.1, 0.15) is 48.1 Å². The maximum absolute atomic E-state index is 13.1. The Balaban J connectivity index is 0.000000195. The van der Waals surface area contributed by atoms with Gasteiger partial charge in [0, 0.05) is 37.1 Å². The van der Waals surface area contributed by atoms with E-state index in [0.717, 1.165) is 54.8 Å². The Morgan fingerprint density at radius 1 is 1.25 bits per heavy atom. The summed E-state index contributed by atoms with van der Waals surface area (Å²) < 4.78 is 18.4. The van der Waals surface area contributed by atoms with Gasteiger partial charge in [-0.1, -0.05) is 36.7 Å². The Bertz CT molecular complexity index is 1040. The zero-order valence-electron chi connectivity index (χ0n) is 18.6. The molecular weight excluding hydrogens is 429 g/mol. The lowest BCUT2D eigenvalue weighted by Crippen LogP contribution is -2.51. The van der Waals surface area contributed by atoms with Gasteiger partial charge in [-0.3, -0.25) is 4.79 Å². The van der Waals surface area contributed by atoms with Crippen molar-refractivity contribution < 1.29 is 13.9 Å². The predicted octanol–water partition coefficient (Wildman–Crippen LogP) is 2.95. The lowest BCUT2D eigenvalue weighted by Gasteiger charge is -2.37. The van der Waals surface area contributed by atoms with Crippen LogP contribution in [0.4, 0.5) is 4.39 Å². The molecule has 2 unspecified atom stereocenters. The second kappa shape index (κ2) is 11.6. The highest BCUT2D eigenvalue weighted by atomic mass is 35.5. The van der Waals surface area contributed by atoms with Gasteiger partial charge in [-0.25, -0.2) is 4.39 Å². The Morgan fingerprint density at radius 3 is 2.62 bits per heavy atom. The number of rotatable bonds is 5. The van der Waals surface area contributed by atoms with E-state index in [1.54, 1.807) is 6.07 Å². The highest BCUT2D eigenvalue weighted by Crippen LogP contribution is 2.21. The van der Waals surface area contributed by atoms with Crippen LogP contribution < -0.4 is 21.5 Å². The molecule has 2 atom stereocenters. The molecule has 2 aromatic rings. The minimum absolute atomic E-state index is 0.127. The summed E-state index contributed by atoms with van der Waals surface area (Å²) in [5.74, 6) is -0.354. The first-order chi connectivity index (χ1) is 15.5. The van der Waals surface area contributed by atoms with Gasteiger partial charge in [0.2, 0.25) is 0 Å². The number of nitrogens with one attached hydrogen (secondary N) is 1. The van der Waals surface area contributed by atoms with E-state index in [1.807, 2.05) is 44.3 Å². The molecule has 2 aliphatic rings. The standard InChI is InChI=1S/C15H18N2O2.C10H13ClFN/c16-15-8-13-7-11(10-18)1-2-12(13)9-17(15)14-3-5-19-6-4-14;1-3-10(13-2)7-4-5-8(11)9(12)6-7/h1-2,7-10,14-15H,3-6,16H2;4-6,10,13H,3H2,1-2H3. The molecule has 0 aromatic heterocycles. The zero-order chi connectivity index (χ0) is 23.1. The van der Waals surface area contributed by atoms with Crippen molar-refractivity contribution in [1.29, 1.82) is 0 Å². The monoisotopic (exact) mass is 459 g/mol. The molecule has 5 nitrogen and oxygen atoms in total. The fourth-order valence-electron chi connectivity index (χ4n) is 4.11. The molecule has 1 fully saturated rings. The summed E-state index contributed by atoms with van der Waals surface area (Å²) in [6, 6.07) is 11.3. The molecule has 2 aromatic carbocycles. The number of nitrogens with zero attached hydrogens (tertiary/aromatic N) is 1. The number of fused-ring (bicyclic) bond motifs is 1. The Morgan fingerprint density at radius 2 is 2.00 bits per heavy atom. The van der Waals surface area contributed by atoms with E-state index in [9.17, 15) is 9.18 Å². The van der Waals surface area contributed by atoms with Crippen molar-refractivity contribution in [2.75, 3.05) is 20.3 Å². The molecule has 0 radical (unpaired) electrons. The fraction of sp³-hybridized carbons (Fsp3) is 0.400. The summed E-state index contributed by atoms with van der Waals surface area (Å²) in [5, 5.41) is 5.45. The van der Waals surface area contributed by atoms with E-state index in [1.165, 1.54) is 6.07 Å². The first-order valence-corrected chi connectivity index (χ1v) is 11.4. The van der Waals surface area contributed by atoms with Crippen molar-refractivity contribution in [1.82, 2.24) is 10.2 Å². The summed E-state index contributed by atoms with van der Waals surface area (Å²) in [4.78, 5) is 13.0. The SMILES string of the molecule is CCC(NC)c1ccc(Cl)c(F)c1.NC1C=c2cc(C=O)ccc2=CN1C1CCOCC1. The third kappa shape index (κ3) is 5.95. The van der Waals surface area contributed by atoms with E-state index in [0.29, 0.717) is 11.6 Å². The van der Waals surface area contributed by atoms with Crippen LogP contribution in [0.25, 0.3) is 12.3 Å². The fourth-order valence-corrected chi connectivity index (χ4v) is 4.23. The number of carbonyl (C=O) groups is 1. The van der Waals surface area contributed by atoms with E-state index in [2.05, 4.69) is 16.4 Å². The maximum atomic E-state index is 13.1. The molecule has 32 heavy (non-hydrogen) atoms. The third-order valence-corrected chi connectivity index (χ3v) is 6.25. The molecule has 0 bridgehead atoms. The van der Waals surface area contributed by atoms with Gasteiger partial charge in [-0.2, -0.15) is 0 Å². The quantitative estimate of drug-likeness (QED) is 0.673. The predicted molar refractivity (Wildman–Crippen MR) is 127 cm³/mol. The van der Waals surface area contributed by atoms with Crippen LogP contribution in [0.15, 0.2) is 36.4 Å². The van der Waals surface area contributed by atoms with Crippen LogP contribution >= 0.6 is 11.6 Å². The van der Waals surface area contributed by atoms with Gasteiger partial charge in [-0.05, 0) is 66.6 Å². The van der Waals surface area contributed by atoms with Crippen molar-refractivity contribution in [3.05, 3.63) is 68.8 Å². The smallest absolute Gasteiger partial charge is 0.150 e. The van der Waals surface area contributed by atoms with E-state index >= 15 is 0 Å². The Labute approximate surface area is 193 Å². The molecule has 0 spiro atoms. The Hall–Kier alpha value is -2.25. The summed E-state index contributed by atoms with van der Waals surface area (Å²) in [6.45, 7) is 3.66. The lowest BCUT2D eigenvalue weighted by atomic mass is 10.0. The van der Waals surface area contributed by atoms with Gasteiger partial charge in [0.05, 0.1) is 11.2 Å². The second-order valence-corrected chi connectivity index (χ2v) is 8.41. The summed E-state index contributed by atoms with van der Waals surface area (Å²) >= 11 is 5.58. The second-order valence-electron chi connectivity index (χ2n) is 8.01. The Kier molecular flexibility index (Phi) is 8.82. The van der Waals surface area contributed by atoms with E-state index < -0.39 is 0 Å². The van der Waals surface area contributed by atoms with Gasteiger partial charge < -0.3 is 20.7 Å². The van der Waals surface area contributed by atoms with Crippen molar-refractivity contribution >= 4 is 30.2 Å². The van der Waals surface area contributed by atoms with Gasteiger partial charge >= 0.3 is 0 Å². The molecular formula is C25H31ClFN3O2. The van der Waals surface area contributed by atoms with Crippen LogP contribution in [0.2, 0.25) is 5.02 Å². The van der Waals surface area contributed by atoms with Crippen molar-refractivity contribution in [2.24, 2.45) is 5.73 Å². The number of carbonyl (C=O) groups excluding carboxylic acids is 1. The van der Waals surface area contributed by atoms with Crippen LogP contribution in [0, 0.1) is 5.82 Å². The molecule has 0 aliphatic carbocycles. The maximum Gasteiger partial charge on any atom is 0.150 e. The molecule has 2 aliphatic heterocycles. The van der Waals surface area contributed by atoms with Crippen LogP contribution in [0.3, 0.4) is 0 Å². The summed E-state index contributed by atoms with van der Waals surface area (Å²) in [7, 11) is 1.86. The van der Waals surface area contributed by atoms with Crippen molar-refractivity contribution in [2.45, 2.75) is 44.4 Å². The zero-order valence-corrected chi connectivity index (χ0v) is 19.3. The topological polar surface area (TPSA) is 67.6 Å². The van der Waals surface area contributed by atoms with Gasteiger partial charge in [0.25, 0.3) is 0 Å². The number of hydrogen-bond acceptors (Lipinski definition) is 5. The lowest BCUT2D eigenvalue weighted by molar-refractivity contribution is 0.0496. The van der Waals surface area contributed by atoms with Gasteiger partial charge in [0.15, 0.2) is 0 Å². The largest absolute Gasteiger partial charge is 0.381 e. The minimum atomic E-state index is -0.354.